The molecule has 0 aliphatic rings. The van der Waals surface area contributed by atoms with E-state index in [0.717, 1.165) is 11.6 Å². The number of anilines is 1. The van der Waals surface area contributed by atoms with Gasteiger partial charge in [-0.05, 0) is 31.0 Å². The quantitative estimate of drug-likeness (QED) is 0.737. The molecule has 0 saturated carbocycles. The summed E-state index contributed by atoms with van der Waals surface area (Å²) >= 11 is 0. The molecule has 1 nitrogen and oxygen atoms in total. The van der Waals surface area contributed by atoms with Gasteiger partial charge in [-0.2, -0.15) is 13.2 Å². The van der Waals surface area contributed by atoms with Crippen molar-refractivity contribution >= 4 is 5.69 Å². The Morgan fingerprint density at radius 3 is 2.14 bits per heavy atom. The van der Waals surface area contributed by atoms with Crippen molar-refractivity contribution in [2.45, 2.75) is 20.0 Å². The Hall–Kier alpha value is -1.19. The highest BCUT2D eigenvalue weighted by Crippen LogP contribution is 2.37. The molecule has 0 fully saturated rings. The fourth-order valence-electron chi connectivity index (χ4n) is 1.37. The third-order valence-electron chi connectivity index (χ3n) is 2.29. The van der Waals surface area contributed by atoms with Crippen LogP contribution in [0.1, 0.15) is 16.7 Å². The smallest absolute Gasteiger partial charge is 0.387 e. The molecule has 0 aliphatic heterocycles. The number of rotatable bonds is 1. The van der Waals surface area contributed by atoms with Crippen LogP contribution >= 0.6 is 0 Å². The molecule has 0 amide bonds. The topological polar surface area (TPSA) is 12.0 Å². The molecule has 0 spiro atoms. The Balaban J connectivity index is 3.39. The summed E-state index contributed by atoms with van der Waals surface area (Å²) in [5.74, 6) is 0. The normalized spacial score (nSPS) is 11.6. The van der Waals surface area contributed by atoms with Crippen LogP contribution in [0.2, 0.25) is 0 Å². The molecule has 1 aromatic carbocycles. The van der Waals surface area contributed by atoms with Gasteiger partial charge in [0.15, 0.2) is 0 Å². The predicted molar refractivity (Wildman–Crippen MR) is 50.5 cm³/mol. The van der Waals surface area contributed by atoms with E-state index in [9.17, 15) is 13.2 Å². The maximum Gasteiger partial charge on any atom is 0.418 e. The molecule has 1 aromatic rings. The van der Waals surface area contributed by atoms with Crippen LogP contribution in [0, 0.1) is 13.8 Å². The molecule has 0 atom stereocenters. The zero-order chi connectivity index (χ0) is 10.9. The minimum atomic E-state index is -4.29. The van der Waals surface area contributed by atoms with Gasteiger partial charge in [0, 0.05) is 12.7 Å². The molecule has 0 heterocycles. The molecule has 0 unspecified atom stereocenters. The van der Waals surface area contributed by atoms with E-state index in [2.05, 4.69) is 5.32 Å². The Labute approximate surface area is 80.9 Å². The van der Waals surface area contributed by atoms with Gasteiger partial charge in [-0.25, -0.2) is 0 Å². The highest BCUT2D eigenvalue weighted by molar-refractivity contribution is 5.60. The lowest BCUT2D eigenvalue weighted by Gasteiger charge is -2.16. The van der Waals surface area contributed by atoms with E-state index < -0.39 is 11.7 Å². The molecule has 78 valence electrons. The van der Waals surface area contributed by atoms with Crippen LogP contribution in [0.15, 0.2) is 12.1 Å². The van der Waals surface area contributed by atoms with Crippen LogP contribution in [0.25, 0.3) is 0 Å². The predicted octanol–water partition coefficient (Wildman–Crippen LogP) is 3.36. The maximum atomic E-state index is 12.5. The van der Waals surface area contributed by atoms with E-state index in [1.54, 1.807) is 13.8 Å². The van der Waals surface area contributed by atoms with Gasteiger partial charge in [0.2, 0.25) is 0 Å². The van der Waals surface area contributed by atoms with Crippen molar-refractivity contribution in [1.82, 2.24) is 0 Å². The third kappa shape index (κ3) is 1.84. The van der Waals surface area contributed by atoms with E-state index in [1.807, 2.05) is 0 Å². The van der Waals surface area contributed by atoms with Gasteiger partial charge in [0.25, 0.3) is 0 Å². The lowest BCUT2D eigenvalue weighted by atomic mass is 10.0. The average molecular weight is 203 g/mol. The first kappa shape index (κ1) is 10.9. The van der Waals surface area contributed by atoms with Crippen molar-refractivity contribution in [3.05, 3.63) is 28.8 Å². The van der Waals surface area contributed by atoms with Crippen LogP contribution in [-0.2, 0) is 6.18 Å². The zero-order valence-electron chi connectivity index (χ0n) is 8.29. The summed E-state index contributed by atoms with van der Waals surface area (Å²) in [6.07, 6.45) is -4.29. The first-order chi connectivity index (χ1) is 6.38. The second kappa shape index (κ2) is 3.52. The molecule has 1 N–H and O–H groups in total. The monoisotopic (exact) mass is 203 g/mol. The first-order valence-corrected chi connectivity index (χ1v) is 4.23. The van der Waals surface area contributed by atoms with Gasteiger partial charge in [0.05, 0.1) is 5.56 Å². The van der Waals surface area contributed by atoms with Gasteiger partial charge in [0.1, 0.15) is 0 Å². The highest BCUT2D eigenvalue weighted by atomic mass is 19.4. The van der Waals surface area contributed by atoms with E-state index in [-0.39, 0.29) is 5.69 Å². The Bertz CT molecular complexity index is 342. The standard InChI is InChI=1S/C10H12F3N/c1-6-4-5-8(10(11,12)13)9(14-3)7(6)2/h4-5,14H,1-3H3. The number of hydrogen-bond donors (Lipinski definition) is 1. The second-order valence-electron chi connectivity index (χ2n) is 3.18. The van der Waals surface area contributed by atoms with Crippen molar-refractivity contribution in [1.29, 1.82) is 0 Å². The number of alkyl halides is 3. The van der Waals surface area contributed by atoms with Crippen molar-refractivity contribution in [3.63, 3.8) is 0 Å². The summed E-state index contributed by atoms with van der Waals surface area (Å²) in [6, 6.07) is 2.59. The van der Waals surface area contributed by atoms with Crippen molar-refractivity contribution in [3.8, 4) is 0 Å². The lowest BCUT2D eigenvalue weighted by Crippen LogP contribution is -2.10. The summed E-state index contributed by atoms with van der Waals surface area (Å²) in [4.78, 5) is 0. The van der Waals surface area contributed by atoms with E-state index >= 15 is 0 Å². The van der Waals surface area contributed by atoms with Crippen molar-refractivity contribution in [2.24, 2.45) is 0 Å². The number of benzene rings is 1. The Morgan fingerprint density at radius 1 is 1.14 bits per heavy atom. The van der Waals surface area contributed by atoms with Crippen molar-refractivity contribution in [2.75, 3.05) is 12.4 Å². The van der Waals surface area contributed by atoms with Crippen LogP contribution in [0.5, 0.6) is 0 Å². The van der Waals surface area contributed by atoms with Gasteiger partial charge >= 0.3 is 6.18 Å². The summed E-state index contributed by atoms with van der Waals surface area (Å²) in [5, 5.41) is 2.59. The minimum absolute atomic E-state index is 0.164. The molecule has 0 bridgehead atoms. The summed E-state index contributed by atoms with van der Waals surface area (Å²) in [6.45, 7) is 3.47. The van der Waals surface area contributed by atoms with Gasteiger partial charge in [-0.15, -0.1) is 0 Å². The summed E-state index contributed by atoms with van der Waals surface area (Å²) in [5.41, 5.74) is 1.05. The molecular formula is C10H12F3N. The number of hydrogen-bond acceptors (Lipinski definition) is 1. The zero-order valence-corrected chi connectivity index (χ0v) is 8.29. The highest BCUT2D eigenvalue weighted by Gasteiger charge is 2.33. The Kier molecular flexibility index (Phi) is 2.73. The molecule has 0 saturated heterocycles. The van der Waals surface area contributed by atoms with Crippen LogP contribution in [0.4, 0.5) is 18.9 Å². The molecule has 0 radical (unpaired) electrons. The van der Waals surface area contributed by atoms with E-state index in [1.165, 1.54) is 13.1 Å². The maximum absolute atomic E-state index is 12.5. The molecule has 14 heavy (non-hydrogen) atoms. The molecule has 0 aromatic heterocycles. The van der Waals surface area contributed by atoms with Gasteiger partial charge in [-0.3, -0.25) is 0 Å². The fourth-order valence-corrected chi connectivity index (χ4v) is 1.37. The minimum Gasteiger partial charge on any atom is -0.387 e. The molecule has 0 aliphatic carbocycles. The van der Waals surface area contributed by atoms with Crippen molar-refractivity contribution < 1.29 is 13.2 Å². The first-order valence-electron chi connectivity index (χ1n) is 4.23. The van der Waals surface area contributed by atoms with Crippen LogP contribution in [-0.4, -0.2) is 7.05 Å². The molecule has 1 rings (SSSR count). The van der Waals surface area contributed by atoms with Crippen LogP contribution < -0.4 is 5.32 Å². The second-order valence-corrected chi connectivity index (χ2v) is 3.18. The number of halogens is 3. The Morgan fingerprint density at radius 2 is 1.71 bits per heavy atom. The fraction of sp³-hybridized carbons (Fsp3) is 0.400. The lowest BCUT2D eigenvalue weighted by molar-refractivity contribution is -0.137. The third-order valence-corrected chi connectivity index (χ3v) is 2.29. The SMILES string of the molecule is CNc1c(C(F)(F)F)ccc(C)c1C. The van der Waals surface area contributed by atoms with E-state index in [0.29, 0.717) is 5.56 Å². The van der Waals surface area contributed by atoms with Crippen LogP contribution in [0.3, 0.4) is 0 Å². The van der Waals surface area contributed by atoms with Gasteiger partial charge < -0.3 is 5.32 Å². The van der Waals surface area contributed by atoms with Gasteiger partial charge in [-0.1, -0.05) is 6.07 Å². The average Bonchev–Trinajstić information content (AvgIpc) is 2.07. The summed E-state index contributed by atoms with van der Waals surface area (Å²) in [7, 11) is 1.50. The molecule has 4 heteroatoms. The molecular weight excluding hydrogens is 191 g/mol. The largest absolute Gasteiger partial charge is 0.418 e. The number of aryl methyl sites for hydroxylation is 1. The van der Waals surface area contributed by atoms with E-state index in [4.69, 9.17) is 0 Å². The summed E-state index contributed by atoms with van der Waals surface area (Å²) < 4.78 is 37.5. The number of nitrogens with one attached hydrogen (secondary N) is 1.